The highest BCUT2D eigenvalue weighted by Gasteiger charge is 2.51. The Morgan fingerprint density at radius 3 is 2.24 bits per heavy atom. The largest absolute Gasteiger partial charge is 0.494 e. The van der Waals surface area contributed by atoms with E-state index in [-0.39, 0.29) is 0 Å². The third-order valence-electron chi connectivity index (χ3n) is 4.89. The molecule has 0 amide bonds. The summed E-state index contributed by atoms with van der Waals surface area (Å²) in [4.78, 5) is 0. The lowest BCUT2D eigenvalue weighted by molar-refractivity contribution is 0.00578. The van der Waals surface area contributed by atoms with Crippen molar-refractivity contribution in [2.45, 2.75) is 45.5 Å². The summed E-state index contributed by atoms with van der Waals surface area (Å²) in [6, 6.07) is 17.6. The number of rotatable bonds is 4. The van der Waals surface area contributed by atoms with Crippen LogP contribution in [0.4, 0.5) is 0 Å². The molecule has 0 aromatic heterocycles. The Bertz CT molecular complexity index is 780. The molecular weight excluding hydrogens is 313 g/mol. The second-order valence-electron chi connectivity index (χ2n) is 7.23. The summed E-state index contributed by atoms with van der Waals surface area (Å²) in [6.45, 7) is 8.46. The van der Waals surface area contributed by atoms with E-state index in [0.29, 0.717) is 17.9 Å². The summed E-state index contributed by atoms with van der Waals surface area (Å²) >= 11 is 0. The molecule has 1 heterocycles. The minimum Gasteiger partial charge on any atom is -0.488 e. The Hall–Kier alpha value is -2.29. The SMILES string of the molecule is CC1(C)OB(c2ccc(OCc3ccccc3)c(C#N)c2)OC1(C)C. The molecule has 0 spiro atoms. The molecule has 0 saturated carbocycles. The fraction of sp³-hybridized carbons (Fsp3) is 0.350. The molecule has 0 unspecified atom stereocenters. The Morgan fingerprint density at radius 1 is 1.00 bits per heavy atom. The van der Waals surface area contributed by atoms with E-state index in [0.717, 1.165) is 11.0 Å². The van der Waals surface area contributed by atoms with E-state index >= 15 is 0 Å². The zero-order valence-electron chi connectivity index (χ0n) is 15.1. The third kappa shape index (κ3) is 3.56. The minimum absolute atomic E-state index is 0.410. The smallest absolute Gasteiger partial charge is 0.488 e. The minimum atomic E-state index is -0.486. The molecule has 1 saturated heterocycles. The predicted molar refractivity (Wildman–Crippen MR) is 97.6 cm³/mol. The second kappa shape index (κ2) is 6.55. The zero-order chi connectivity index (χ0) is 18.1. The number of hydrogen-bond acceptors (Lipinski definition) is 4. The molecule has 1 aliphatic rings. The van der Waals surface area contributed by atoms with Crippen LogP contribution in [0.2, 0.25) is 0 Å². The van der Waals surface area contributed by atoms with E-state index in [1.807, 2.05) is 70.2 Å². The lowest BCUT2D eigenvalue weighted by Crippen LogP contribution is -2.41. The summed E-state index contributed by atoms with van der Waals surface area (Å²) < 4.78 is 17.9. The van der Waals surface area contributed by atoms with Crippen molar-refractivity contribution in [2.24, 2.45) is 0 Å². The van der Waals surface area contributed by atoms with Gasteiger partial charge in [0, 0.05) is 0 Å². The monoisotopic (exact) mass is 335 g/mol. The summed E-state index contributed by atoms with van der Waals surface area (Å²) in [5.41, 5.74) is 1.53. The van der Waals surface area contributed by atoms with Gasteiger partial charge in [0.1, 0.15) is 18.4 Å². The van der Waals surface area contributed by atoms with Crippen molar-refractivity contribution in [1.82, 2.24) is 0 Å². The molecule has 3 rings (SSSR count). The molecule has 0 aliphatic carbocycles. The summed E-state index contributed by atoms with van der Waals surface area (Å²) in [5, 5.41) is 9.48. The van der Waals surface area contributed by atoms with Gasteiger partial charge in [-0.3, -0.25) is 0 Å². The molecule has 5 heteroatoms. The fourth-order valence-electron chi connectivity index (χ4n) is 2.62. The highest BCUT2D eigenvalue weighted by atomic mass is 16.7. The van der Waals surface area contributed by atoms with Crippen LogP contribution in [-0.2, 0) is 15.9 Å². The Labute approximate surface area is 149 Å². The van der Waals surface area contributed by atoms with Gasteiger partial charge in [0.05, 0.1) is 16.8 Å². The van der Waals surface area contributed by atoms with Gasteiger partial charge >= 0.3 is 7.12 Å². The van der Waals surface area contributed by atoms with Crippen molar-refractivity contribution >= 4 is 12.6 Å². The molecule has 0 N–H and O–H groups in total. The van der Waals surface area contributed by atoms with Crippen molar-refractivity contribution in [2.75, 3.05) is 0 Å². The standard InChI is InChI=1S/C20H22BNO3/c1-19(2)20(3,4)25-21(24-19)17-10-11-18(16(12-17)13-22)23-14-15-8-6-5-7-9-15/h5-12H,14H2,1-4H3. The van der Waals surface area contributed by atoms with Crippen molar-refractivity contribution < 1.29 is 14.0 Å². The van der Waals surface area contributed by atoms with Crippen LogP contribution in [0.1, 0.15) is 38.8 Å². The molecule has 4 nitrogen and oxygen atoms in total. The number of ether oxygens (including phenoxy) is 1. The highest BCUT2D eigenvalue weighted by Crippen LogP contribution is 2.36. The van der Waals surface area contributed by atoms with Gasteiger partial charge in [-0.05, 0) is 50.9 Å². The van der Waals surface area contributed by atoms with Gasteiger partial charge in [-0.25, -0.2) is 0 Å². The predicted octanol–water partition coefficient (Wildman–Crippen LogP) is 3.44. The molecule has 2 aromatic carbocycles. The maximum absolute atomic E-state index is 9.48. The van der Waals surface area contributed by atoms with E-state index in [2.05, 4.69) is 6.07 Å². The van der Waals surface area contributed by atoms with Crippen molar-refractivity contribution in [1.29, 1.82) is 5.26 Å². The first-order valence-corrected chi connectivity index (χ1v) is 8.39. The fourth-order valence-corrected chi connectivity index (χ4v) is 2.62. The molecule has 0 radical (unpaired) electrons. The zero-order valence-corrected chi connectivity index (χ0v) is 15.1. The van der Waals surface area contributed by atoms with Crippen LogP contribution in [0.25, 0.3) is 0 Å². The lowest BCUT2D eigenvalue weighted by atomic mass is 9.78. The number of hydrogen-bond donors (Lipinski definition) is 0. The quantitative estimate of drug-likeness (QED) is 0.803. The molecule has 2 aromatic rings. The second-order valence-corrected chi connectivity index (χ2v) is 7.23. The molecule has 0 bridgehead atoms. The van der Waals surface area contributed by atoms with Gasteiger partial charge in [-0.15, -0.1) is 0 Å². The first kappa shape index (κ1) is 17.5. The lowest BCUT2D eigenvalue weighted by Gasteiger charge is -2.32. The van der Waals surface area contributed by atoms with E-state index < -0.39 is 18.3 Å². The normalized spacial score (nSPS) is 18.0. The van der Waals surface area contributed by atoms with Crippen molar-refractivity contribution in [3.05, 3.63) is 59.7 Å². The van der Waals surface area contributed by atoms with E-state index in [4.69, 9.17) is 14.0 Å². The number of nitriles is 1. The number of benzene rings is 2. The number of nitrogens with zero attached hydrogens (tertiary/aromatic N) is 1. The summed E-state index contributed by atoms with van der Waals surface area (Å²) in [5.74, 6) is 0.562. The molecule has 0 atom stereocenters. The molecule has 25 heavy (non-hydrogen) atoms. The van der Waals surface area contributed by atoms with E-state index in [1.54, 1.807) is 6.07 Å². The van der Waals surface area contributed by atoms with Gasteiger partial charge in [0.15, 0.2) is 0 Å². The Balaban J connectivity index is 1.78. The van der Waals surface area contributed by atoms with Crippen LogP contribution in [0.3, 0.4) is 0 Å². The maximum Gasteiger partial charge on any atom is 0.494 e. The van der Waals surface area contributed by atoms with Gasteiger partial charge in [-0.2, -0.15) is 5.26 Å². The van der Waals surface area contributed by atoms with Crippen LogP contribution in [0, 0.1) is 11.3 Å². The first-order valence-electron chi connectivity index (χ1n) is 8.39. The molecule has 1 fully saturated rings. The van der Waals surface area contributed by atoms with E-state index in [9.17, 15) is 5.26 Å². The van der Waals surface area contributed by atoms with Crippen molar-refractivity contribution in [3.8, 4) is 11.8 Å². The third-order valence-corrected chi connectivity index (χ3v) is 4.89. The van der Waals surface area contributed by atoms with Gasteiger partial charge in [-0.1, -0.05) is 36.4 Å². The van der Waals surface area contributed by atoms with Crippen LogP contribution < -0.4 is 10.2 Å². The maximum atomic E-state index is 9.48. The molecular formula is C20H22BNO3. The average Bonchev–Trinajstić information content (AvgIpc) is 2.81. The average molecular weight is 335 g/mol. The van der Waals surface area contributed by atoms with Gasteiger partial charge in [0.2, 0.25) is 0 Å². The Morgan fingerprint density at radius 2 is 1.64 bits per heavy atom. The summed E-state index contributed by atoms with van der Waals surface area (Å²) in [6.07, 6.45) is 0. The highest BCUT2D eigenvalue weighted by molar-refractivity contribution is 6.62. The Kier molecular flexibility index (Phi) is 4.59. The van der Waals surface area contributed by atoms with Crippen LogP contribution in [0.5, 0.6) is 5.75 Å². The van der Waals surface area contributed by atoms with Crippen LogP contribution >= 0.6 is 0 Å². The first-order chi connectivity index (χ1) is 11.8. The molecule has 128 valence electrons. The van der Waals surface area contributed by atoms with Crippen LogP contribution in [-0.4, -0.2) is 18.3 Å². The van der Waals surface area contributed by atoms with Crippen LogP contribution in [0.15, 0.2) is 48.5 Å². The van der Waals surface area contributed by atoms with Gasteiger partial charge < -0.3 is 14.0 Å². The molecule has 1 aliphatic heterocycles. The topological polar surface area (TPSA) is 51.5 Å². The van der Waals surface area contributed by atoms with Gasteiger partial charge in [0.25, 0.3) is 0 Å². The summed E-state index contributed by atoms with van der Waals surface area (Å²) in [7, 11) is -0.486. The van der Waals surface area contributed by atoms with E-state index in [1.165, 1.54) is 0 Å². The van der Waals surface area contributed by atoms with Crippen molar-refractivity contribution in [3.63, 3.8) is 0 Å².